The van der Waals surface area contributed by atoms with E-state index >= 15 is 0 Å². The second-order valence-corrected chi connectivity index (χ2v) is 9.69. The number of anilines is 1. The van der Waals surface area contributed by atoms with Crippen molar-refractivity contribution in [2.75, 3.05) is 18.1 Å². The molecule has 0 fully saturated rings. The first-order valence-corrected chi connectivity index (χ1v) is 12.0. The Bertz CT molecular complexity index is 1460. The number of amides is 1. The second kappa shape index (κ2) is 9.33. The highest BCUT2D eigenvalue weighted by Gasteiger charge is 2.50. The van der Waals surface area contributed by atoms with Gasteiger partial charge in [-0.3, -0.25) is 9.20 Å². The Balaban J connectivity index is 1.47. The van der Waals surface area contributed by atoms with Crippen LogP contribution in [-0.4, -0.2) is 62.9 Å². The van der Waals surface area contributed by atoms with Crippen molar-refractivity contribution in [1.29, 1.82) is 0 Å². The zero-order chi connectivity index (χ0) is 26.3. The van der Waals surface area contributed by atoms with Gasteiger partial charge < -0.3 is 5.32 Å². The third-order valence-corrected chi connectivity index (χ3v) is 6.74. The molecule has 192 valence electrons. The molecule has 0 aromatic carbocycles. The number of nitrogens with one attached hydrogen (secondary N) is 1. The number of aromatic nitrogens is 4. The number of hydrogen-bond acceptors (Lipinski definition) is 8. The minimum Gasteiger partial charge on any atom is -0.347 e. The highest BCUT2D eigenvalue weighted by atomic mass is 32.2. The molecule has 4 rings (SSSR count). The van der Waals surface area contributed by atoms with Gasteiger partial charge >= 0.3 is 15.5 Å². The van der Waals surface area contributed by atoms with Crippen LogP contribution in [0.1, 0.15) is 34.2 Å². The zero-order valence-corrected chi connectivity index (χ0v) is 19.8. The summed E-state index contributed by atoms with van der Waals surface area (Å²) in [6.45, 7) is 2.66. The predicted octanol–water partition coefficient (Wildman–Crippen LogP) is 1.98. The van der Waals surface area contributed by atoms with Crippen LogP contribution in [0.3, 0.4) is 0 Å². The number of halogens is 4. The average molecular weight is 528 g/mol. The number of hydrazone groups is 1. The number of nitrogens with zero attached hydrogens (tertiary/aromatic N) is 7. The van der Waals surface area contributed by atoms with Gasteiger partial charge in [-0.2, -0.15) is 26.7 Å². The molecule has 0 saturated carbocycles. The molecule has 4 heterocycles. The van der Waals surface area contributed by atoms with Crippen molar-refractivity contribution in [1.82, 2.24) is 29.0 Å². The predicted molar refractivity (Wildman–Crippen MR) is 120 cm³/mol. The first kappa shape index (κ1) is 25.3. The van der Waals surface area contributed by atoms with E-state index in [-0.39, 0.29) is 23.2 Å². The van der Waals surface area contributed by atoms with E-state index in [2.05, 4.69) is 25.4 Å². The smallest absolute Gasteiger partial charge is 0.347 e. The van der Waals surface area contributed by atoms with Crippen LogP contribution in [0.2, 0.25) is 0 Å². The minimum absolute atomic E-state index is 0.0348. The van der Waals surface area contributed by atoms with Crippen LogP contribution in [0.4, 0.5) is 23.4 Å². The largest absolute Gasteiger partial charge is 0.516 e. The van der Waals surface area contributed by atoms with Crippen LogP contribution in [0.25, 0.3) is 5.78 Å². The van der Waals surface area contributed by atoms with Crippen LogP contribution in [0.15, 0.2) is 29.8 Å². The lowest BCUT2D eigenvalue weighted by Gasteiger charge is -2.29. The molecule has 16 heteroatoms. The molecule has 36 heavy (non-hydrogen) atoms. The lowest BCUT2D eigenvalue weighted by molar-refractivity contribution is -0.0471. The Labute approximate surface area is 202 Å². The van der Waals surface area contributed by atoms with E-state index < -0.39 is 33.8 Å². The fourth-order valence-electron chi connectivity index (χ4n) is 3.49. The number of sulfonamides is 1. The van der Waals surface area contributed by atoms with Crippen LogP contribution < -0.4 is 10.3 Å². The van der Waals surface area contributed by atoms with Crippen molar-refractivity contribution < 1.29 is 30.8 Å². The number of imidazole rings is 1. The molecule has 0 unspecified atom stereocenters. The van der Waals surface area contributed by atoms with Crippen molar-refractivity contribution in [3.8, 4) is 0 Å². The van der Waals surface area contributed by atoms with E-state index in [9.17, 15) is 30.8 Å². The quantitative estimate of drug-likeness (QED) is 0.485. The van der Waals surface area contributed by atoms with Crippen molar-refractivity contribution in [2.45, 2.75) is 32.3 Å². The maximum absolute atomic E-state index is 14.7. The highest BCUT2D eigenvalue weighted by Crippen LogP contribution is 2.27. The molecule has 0 bridgehead atoms. The van der Waals surface area contributed by atoms with Crippen molar-refractivity contribution in [3.05, 3.63) is 53.0 Å². The number of alkyl halides is 3. The molecule has 0 spiro atoms. The molecule has 1 aliphatic rings. The monoisotopic (exact) mass is 528 g/mol. The number of pyridine rings is 1. The number of hydrogen-bond donors (Lipinski definition) is 1. The first-order chi connectivity index (χ1) is 16.9. The summed E-state index contributed by atoms with van der Waals surface area (Å²) < 4.78 is 77.3. The molecule has 0 atom stereocenters. The number of rotatable bonds is 6. The summed E-state index contributed by atoms with van der Waals surface area (Å²) in [7, 11) is -5.58. The summed E-state index contributed by atoms with van der Waals surface area (Å²) in [4.78, 5) is 25.4. The maximum Gasteiger partial charge on any atom is 0.516 e. The molecule has 11 nitrogen and oxygen atoms in total. The van der Waals surface area contributed by atoms with E-state index in [0.29, 0.717) is 35.5 Å². The van der Waals surface area contributed by atoms with E-state index in [0.717, 1.165) is 16.6 Å². The van der Waals surface area contributed by atoms with Crippen LogP contribution >= 0.6 is 0 Å². The van der Waals surface area contributed by atoms with Crippen LogP contribution in [0, 0.1) is 12.7 Å². The number of aryl methyl sites for hydroxylation is 2. The minimum atomic E-state index is -5.58. The lowest BCUT2D eigenvalue weighted by Crippen LogP contribution is -2.46. The SMILES string of the molecule is CCc1nc2ncc(C)cn2c1C(=O)NCc1cnc(N2CCN(S(=O)(=O)C(F)(F)F)C=N2)c(F)c1. The normalized spacial score (nSPS) is 14.5. The van der Waals surface area contributed by atoms with E-state index in [4.69, 9.17) is 0 Å². The average Bonchev–Trinajstić information content (AvgIpc) is 3.20. The molecular formula is C20H20F4N8O3S. The lowest BCUT2D eigenvalue weighted by atomic mass is 10.2. The van der Waals surface area contributed by atoms with E-state index in [1.807, 2.05) is 13.8 Å². The standard InChI is InChI=1S/C20H20F4N8O3S/c1-3-15-16(31-10-12(2)7-27-19(31)29-15)18(33)26-9-13-6-14(21)17(25-8-13)32-5-4-30(11-28-32)36(34,35)20(22,23)24/h6-8,10-11H,3-5,9H2,1-2H3,(H,26,33). The van der Waals surface area contributed by atoms with Gasteiger partial charge in [0.05, 0.1) is 18.8 Å². The summed E-state index contributed by atoms with van der Waals surface area (Å²) in [5, 5.41) is 7.22. The van der Waals surface area contributed by atoms with Crippen LogP contribution in [-0.2, 0) is 23.0 Å². The van der Waals surface area contributed by atoms with E-state index in [1.54, 1.807) is 16.8 Å². The Morgan fingerprint density at radius 2 is 1.94 bits per heavy atom. The molecule has 0 aliphatic carbocycles. The van der Waals surface area contributed by atoms with Gasteiger partial charge in [0.15, 0.2) is 11.6 Å². The van der Waals surface area contributed by atoms with Gasteiger partial charge in [0, 0.05) is 25.1 Å². The van der Waals surface area contributed by atoms with Crippen molar-refractivity contribution >= 4 is 33.9 Å². The third kappa shape index (κ3) is 4.67. The summed E-state index contributed by atoms with van der Waals surface area (Å²) >= 11 is 0. The molecule has 0 radical (unpaired) electrons. The zero-order valence-electron chi connectivity index (χ0n) is 19.0. The summed E-state index contributed by atoms with van der Waals surface area (Å²) in [5.41, 5.74) is -3.47. The summed E-state index contributed by atoms with van der Waals surface area (Å²) in [6, 6.07) is 1.10. The second-order valence-electron chi connectivity index (χ2n) is 7.81. The van der Waals surface area contributed by atoms with Gasteiger partial charge in [-0.25, -0.2) is 28.7 Å². The molecule has 1 aliphatic heterocycles. The molecular weight excluding hydrogens is 508 g/mol. The molecule has 0 saturated heterocycles. The topological polar surface area (TPSA) is 125 Å². The van der Waals surface area contributed by atoms with Crippen LogP contribution in [0.5, 0.6) is 0 Å². The Kier molecular flexibility index (Phi) is 6.55. The van der Waals surface area contributed by atoms with Gasteiger partial charge in [0.2, 0.25) is 5.78 Å². The molecule has 1 amide bonds. The first-order valence-electron chi connectivity index (χ1n) is 10.6. The molecule has 3 aromatic rings. The van der Waals surface area contributed by atoms with Gasteiger partial charge in [0.1, 0.15) is 12.0 Å². The number of fused-ring (bicyclic) bond motifs is 1. The van der Waals surface area contributed by atoms with Gasteiger partial charge in [0.25, 0.3) is 5.91 Å². The van der Waals surface area contributed by atoms with Gasteiger partial charge in [-0.15, -0.1) is 0 Å². The summed E-state index contributed by atoms with van der Waals surface area (Å²) in [6.07, 6.45) is 5.60. The Morgan fingerprint density at radius 1 is 1.19 bits per heavy atom. The van der Waals surface area contributed by atoms with Gasteiger partial charge in [-0.05, 0) is 30.5 Å². The van der Waals surface area contributed by atoms with Crippen molar-refractivity contribution in [2.24, 2.45) is 5.10 Å². The van der Waals surface area contributed by atoms with E-state index in [1.165, 1.54) is 6.20 Å². The third-order valence-electron chi connectivity index (χ3n) is 5.26. The fraction of sp³-hybridized carbons (Fsp3) is 0.350. The Morgan fingerprint density at radius 3 is 2.56 bits per heavy atom. The van der Waals surface area contributed by atoms with Crippen molar-refractivity contribution in [3.63, 3.8) is 0 Å². The molecule has 1 N–H and O–H groups in total. The summed E-state index contributed by atoms with van der Waals surface area (Å²) in [5.74, 6) is -1.22. The Hall–Kier alpha value is -3.82. The number of carbonyl (C=O) groups excluding carboxylic acids is 1. The highest BCUT2D eigenvalue weighted by molar-refractivity contribution is 7.90. The number of carbonyl (C=O) groups is 1. The fourth-order valence-corrected chi connectivity index (χ4v) is 4.25. The maximum atomic E-state index is 14.7. The van der Waals surface area contributed by atoms with Gasteiger partial charge in [-0.1, -0.05) is 6.92 Å². The molecule has 3 aromatic heterocycles.